The van der Waals surface area contributed by atoms with Crippen LogP contribution in [0.5, 0.6) is 0 Å². The average molecular weight is 244 g/mol. The topological polar surface area (TPSA) is 12.9 Å². The largest absolute Gasteiger partial charge is 0.233 e. The first kappa shape index (κ1) is 12.3. The van der Waals surface area contributed by atoms with Gasteiger partial charge in [0.15, 0.2) is 5.51 Å². The second kappa shape index (κ2) is 4.26. The Morgan fingerprint density at radius 3 is 2.35 bits per heavy atom. The van der Waals surface area contributed by atoms with E-state index in [1.54, 1.807) is 11.3 Å². The summed E-state index contributed by atoms with van der Waals surface area (Å²) in [4.78, 5) is 5.54. The monoisotopic (exact) mass is 244 g/mol. The van der Waals surface area contributed by atoms with Crippen LogP contribution in [0.4, 0.5) is 0 Å². The molecule has 89 valence electrons. The quantitative estimate of drug-likeness (QED) is 0.718. The van der Waals surface area contributed by atoms with Crippen LogP contribution < -0.4 is 0 Å². The summed E-state index contributed by atoms with van der Waals surface area (Å²) >= 11 is 1.58. The van der Waals surface area contributed by atoms with E-state index in [-0.39, 0.29) is 5.41 Å². The van der Waals surface area contributed by atoms with E-state index in [4.69, 9.17) is 0 Å². The first-order valence-electron chi connectivity index (χ1n) is 5.84. The number of hydrogen-bond donors (Lipinski definition) is 0. The van der Waals surface area contributed by atoms with E-state index in [2.05, 4.69) is 63.3 Å². The summed E-state index contributed by atoms with van der Waals surface area (Å²) in [5.41, 5.74) is 8.16. The van der Waals surface area contributed by atoms with Crippen LogP contribution in [-0.4, -0.2) is 4.98 Å². The Morgan fingerprint density at radius 2 is 1.88 bits per heavy atom. The highest BCUT2D eigenvalue weighted by Crippen LogP contribution is 2.30. The van der Waals surface area contributed by atoms with Gasteiger partial charge in [0.1, 0.15) is 0 Å². The molecule has 1 nitrogen and oxygen atoms in total. The molecule has 0 aliphatic heterocycles. The van der Waals surface area contributed by atoms with Crippen molar-refractivity contribution in [2.24, 2.45) is 0 Å². The molecule has 0 bridgehead atoms. The van der Waals surface area contributed by atoms with Crippen LogP contribution in [0.1, 0.15) is 36.8 Å². The summed E-state index contributed by atoms with van der Waals surface area (Å²) in [6, 6.07) is 6.63. The van der Waals surface area contributed by atoms with Crippen molar-refractivity contribution in [2.75, 3.05) is 0 Å². The lowest BCUT2D eigenvalue weighted by Crippen LogP contribution is -2.12. The standard InChI is InChI=1S/C15H18NS/c1-10-8-12(14-11(2)17-9-16-14)6-7-13(10)15(3,4)5/h6-8H,1-5H3. The van der Waals surface area contributed by atoms with E-state index in [9.17, 15) is 0 Å². The third-order valence-corrected chi connectivity index (χ3v) is 3.68. The Hall–Kier alpha value is -1.15. The SMILES string of the molecule is Cc1cc(-c2n[c]sc2C)ccc1C(C)(C)C. The highest BCUT2D eigenvalue weighted by atomic mass is 32.1. The lowest BCUT2D eigenvalue weighted by atomic mass is 9.83. The van der Waals surface area contributed by atoms with Gasteiger partial charge in [-0.3, -0.25) is 0 Å². The summed E-state index contributed by atoms with van der Waals surface area (Å²) in [7, 11) is 0. The first-order chi connectivity index (χ1) is 7.89. The molecule has 0 saturated carbocycles. The molecule has 0 saturated heterocycles. The molecule has 0 aliphatic carbocycles. The van der Waals surface area contributed by atoms with Gasteiger partial charge in [-0.2, -0.15) is 0 Å². The van der Waals surface area contributed by atoms with Crippen LogP contribution in [0.25, 0.3) is 11.3 Å². The lowest BCUT2D eigenvalue weighted by molar-refractivity contribution is 0.586. The van der Waals surface area contributed by atoms with E-state index < -0.39 is 0 Å². The molecule has 0 aliphatic rings. The average Bonchev–Trinajstić information content (AvgIpc) is 2.62. The molecule has 1 aromatic carbocycles. The number of nitrogens with zero attached hydrogens (tertiary/aromatic N) is 1. The lowest BCUT2D eigenvalue weighted by Gasteiger charge is -2.22. The molecule has 1 heterocycles. The maximum absolute atomic E-state index is 4.31. The van der Waals surface area contributed by atoms with Gasteiger partial charge in [-0.1, -0.05) is 32.9 Å². The summed E-state index contributed by atoms with van der Waals surface area (Å²) < 4.78 is 0. The molecule has 1 aromatic heterocycles. The smallest absolute Gasteiger partial charge is 0.153 e. The second-order valence-corrected chi connectivity index (χ2v) is 6.49. The normalized spacial score (nSPS) is 11.8. The van der Waals surface area contributed by atoms with E-state index in [0.717, 1.165) is 5.69 Å². The Balaban J connectivity index is 2.49. The fourth-order valence-electron chi connectivity index (χ4n) is 2.18. The Bertz CT molecular complexity index is 532. The molecule has 1 radical (unpaired) electrons. The molecule has 0 spiro atoms. The highest BCUT2D eigenvalue weighted by Gasteiger charge is 2.17. The van der Waals surface area contributed by atoms with Crippen LogP contribution in [0, 0.1) is 19.4 Å². The summed E-state index contributed by atoms with van der Waals surface area (Å²) in [6.07, 6.45) is 0. The van der Waals surface area contributed by atoms with Gasteiger partial charge < -0.3 is 0 Å². The molecular formula is C15H18NS. The molecule has 0 fully saturated rings. The number of benzene rings is 1. The first-order valence-corrected chi connectivity index (χ1v) is 6.66. The van der Waals surface area contributed by atoms with E-state index in [0.29, 0.717) is 0 Å². The van der Waals surface area contributed by atoms with Crippen molar-refractivity contribution in [3.05, 3.63) is 39.7 Å². The minimum Gasteiger partial charge on any atom is -0.233 e. The van der Waals surface area contributed by atoms with Gasteiger partial charge >= 0.3 is 0 Å². The molecular weight excluding hydrogens is 226 g/mol. The van der Waals surface area contributed by atoms with Crippen molar-refractivity contribution in [1.82, 2.24) is 4.98 Å². The predicted octanol–water partition coefficient (Wildman–Crippen LogP) is 4.52. The maximum Gasteiger partial charge on any atom is 0.153 e. The minimum absolute atomic E-state index is 0.200. The van der Waals surface area contributed by atoms with Gasteiger partial charge in [0.05, 0.1) is 5.69 Å². The molecule has 0 N–H and O–H groups in total. The van der Waals surface area contributed by atoms with E-state index >= 15 is 0 Å². The van der Waals surface area contributed by atoms with Crippen molar-refractivity contribution in [2.45, 2.75) is 40.0 Å². The summed E-state index contributed by atoms with van der Waals surface area (Å²) in [5.74, 6) is 0. The molecule has 0 unspecified atom stereocenters. The Kier molecular flexibility index (Phi) is 3.09. The van der Waals surface area contributed by atoms with Crippen LogP contribution in [0.2, 0.25) is 0 Å². The fourth-order valence-corrected chi connectivity index (χ4v) is 2.72. The molecule has 0 atom stereocenters. The number of hydrogen-bond acceptors (Lipinski definition) is 2. The molecule has 17 heavy (non-hydrogen) atoms. The zero-order valence-electron chi connectivity index (χ0n) is 11.1. The third-order valence-electron chi connectivity index (χ3n) is 3.00. The number of thiazole rings is 1. The van der Waals surface area contributed by atoms with Gasteiger partial charge in [-0.15, -0.1) is 11.3 Å². The van der Waals surface area contributed by atoms with Gasteiger partial charge in [0, 0.05) is 10.4 Å². The zero-order chi connectivity index (χ0) is 12.6. The zero-order valence-corrected chi connectivity index (χ0v) is 11.9. The number of rotatable bonds is 1. The third kappa shape index (κ3) is 2.42. The summed E-state index contributed by atoms with van der Waals surface area (Å²) in [6.45, 7) is 11.0. The Labute approximate surface area is 108 Å². The van der Waals surface area contributed by atoms with Crippen molar-refractivity contribution in [1.29, 1.82) is 0 Å². The van der Waals surface area contributed by atoms with Gasteiger partial charge in [0.2, 0.25) is 0 Å². The van der Waals surface area contributed by atoms with Crippen molar-refractivity contribution < 1.29 is 0 Å². The molecule has 0 amide bonds. The predicted molar refractivity (Wildman–Crippen MR) is 74.6 cm³/mol. The van der Waals surface area contributed by atoms with Crippen molar-refractivity contribution in [3.63, 3.8) is 0 Å². The summed E-state index contributed by atoms with van der Waals surface area (Å²) in [5, 5.41) is 0. The minimum atomic E-state index is 0.200. The second-order valence-electron chi connectivity index (χ2n) is 5.49. The van der Waals surface area contributed by atoms with Crippen molar-refractivity contribution >= 4 is 11.3 Å². The molecule has 2 aromatic rings. The van der Waals surface area contributed by atoms with Gasteiger partial charge in [0.25, 0.3) is 0 Å². The number of aryl methyl sites for hydroxylation is 2. The van der Waals surface area contributed by atoms with Crippen LogP contribution >= 0.6 is 11.3 Å². The fraction of sp³-hybridized carbons (Fsp3) is 0.400. The van der Waals surface area contributed by atoms with Crippen LogP contribution in [0.3, 0.4) is 0 Å². The van der Waals surface area contributed by atoms with Crippen LogP contribution in [-0.2, 0) is 5.41 Å². The van der Waals surface area contributed by atoms with Crippen LogP contribution in [0.15, 0.2) is 18.2 Å². The number of aromatic nitrogens is 1. The molecule has 2 heteroatoms. The maximum atomic E-state index is 4.31. The molecule has 2 rings (SSSR count). The highest BCUT2D eigenvalue weighted by molar-refractivity contribution is 7.09. The van der Waals surface area contributed by atoms with Crippen molar-refractivity contribution in [3.8, 4) is 11.3 Å². The Morgan fingerprint density at radius 1 is 1.18 bits per heavy atom. The van der Waals surface area contributed by atoms with Gasteiger partial charge in [-0.25, -0.2) is 4.98 Å². The van der Waals surface area contributed by atoms with Gasteiger partial charge in [-0.05, 0) is 36.5 Å². The van der Waals surface area contributed by atoms with E-state index in [1.807, 2.05) is 0 Å². The van der Waals surface area contributed by atoms with E-state index in [1.165, 1.54) is 21.6 Å².